The first-order valence-corrected chi connectivity index (χ1v) is 12.0. The van der Waals surface area contributed by atoms with Crippen LogP contribution in [0.1, 0.15) is 25.7 Å². The molecule has 3 atom stereocenters. The van der Waals surface area contributed by atoms with Crippen molar-refractivity contribution in [1.82, 2.24) is 0 Å². The normalized spacial score (nSPS) is 27.3. The van der Waals surface area contributed by atoms with E-state index in [1.807, 2.05) is 0 Å². The molecule has 0 N–H and O–H groups in total. The molecule has 1 aromatic rings. The first-order chi connectivity index (χ1) is 10.6. The van der Waals surface area contributed by atoms with Gasteiger partial charge in [-0.25, -0.2) is 8.42 Å². The number of fused-ring (bicyclic) bond motifs is 2. The zero-order valence-electron chi connectivity index (χ0n) is 11.7. The molecule has 0 spiro atoms. The SMILES string of the molecule is O=S(=O)([O-])c1c(I)cc(OS(=O)(=O)C2CC3CCC2C3)cc1I. The van der Waals surface area contributed by atoms with Crippen LogP contribution in [0.15, 0.2) is 17.0 Å². The summed E-state index contributed by atoms with van der Waals surface area (Å²) in [4.78, 5) is -0.344. The largest absolute Gasteiger partial charge is 0.744 e. The van der Waals surface area contributed by atoms with Crippen molar-refractivity contribution in [3.8, 4) is 5.75 Å². The standard InChI is InChI=1S/C13H14I2O6S2/c14-10-5-9(6-11(15)13(10)22(16,17)18)21-23(19,20)12-4-7-1-2-8(12)3-7/h5-8,12H,1-4H2,(H,16,17,18)/p-1. The molecule has 0 aromatic heterocycles. The molecule has 2 aliphatic rings. The topological polar surface area (TPSA) is 101 Å². The zero-order valence-corrected chi connectivity index (χ0v) is 17.7. The van der Waals surface area contributed by atoms with Crippen LogP contribution in [-0.2, 0) is 20.2 Å². The predicted molar refractivity (Wildman–Crippen MR) is 98.6 cm³/mol. The summed E-state index contributed by atoms with van der Waals surface area (Å²) in [6, 6.07) is 2.55. The minimum Gasteiger partial charge on any atom is -0.744 e. The van der Waals surface area contributed by atoms with Gasteiger partial charge in [-0.15, -0.1) is 0 Å². The Morgan fingerprint density at radius 1 is 1.04 bits per heavy atom. The molecule has 2 saturated carbocycles. The Hall–Kier alpha value is 0.340. The summed E-state index contributed by atoms with van der Waals surface area (Å²) < 4.78 is 64.3. The van der Waals surface area contributed by atoms with Crippen LogP contribution in [-0.4, -0.2) is 26.6 Å². The smallest absolute Gasteiger partial charge is 0.312 e. The minimum atomic E-state index is -4.62. The summed E-state index contributed by atoms with van der Waals surface area (Å²) in [6.07, 6.45) is 3.58. The average molecular weight is 583 g/mol. The van der Waals surface area contributed by atoms with Gasteiger partial charge in [-0.1, -0.05) is 6.42 Å². The molecular formula is C13H13I2O6S2-. The molecule has 3 rings (SSSR count). The molecule has 128 valence electrons. The van der Waals surface area contributed by atoms with Crippen LogP contribution in [0.3, 0.4) is 0 Å². The van der Waals surface area contributed by atoms with Gasteiger partial charge in [0.05, 0.1) is 4.90 Å². The third kappa shape index (κ3) is 3.65. The maximum Gasteiger partial charge on any atom is 0.312 e. The molecule has 6 nitrogen and oxygen atoms in total. The van der Waals surface area contributed by atoms with Gasteiger partial charge in [0, 0.05) is 7.14 Å². The molecule has 0 heterocycles. The van der Waals surface area contributed by atoms with E-state index in [-0.39, 0.29) is 23.7 Å². The van der Waals surface area contributed by atoms with Gasteiger partial charge >= 0.3 is 10.1 Å². The Morgan fingerprint density at radius 2 is 1.65 bits per heavy atom. The highest BCUT2D eigenvalue weighted by Crippen LogP contribution is 2.47. The molecule has 1 aromatic carbocycles. The average Bonchev–Trinajstić information content (AvgIpc) is 2.97. The molecule has 0 amide bonds. The van der Waals surface area contributed by atoms with E-state index in [1.165, 1.54) is 12.1 Å². The molecule has 0 radical (unpaired) electrons. The highest BCUT2D eigenvalue weighted by atomic mass is 127. The van der Waals surface area contributed by atoms with E-state index in [4.69, 9.17) is 4.18 Å². The van der Waals surface area contributed by atoms with Gasteiger partial charge in [-0.2, -0.15) is 8.42 Å². The molecular weight excluding hydrogens is 570 g/mol. The molecule has 2 aliphatic carbocycles. The summed E-state index contributed by atoms with van der Waals surface area (Å²) >= 11 is 3.39. The third-order valence-corrected chi connectivity index (χ3v) is 9.60. The number of hydrogen-bond acceptors (Lipinski definition) is 6. The second-order valence-electron chi connectivity index (χ2n) is 5.96. The Bertz CT molecular complexity index is 826. The first kappa shape index (κ1) is 18.1. The number of halogens is 2. The lowest BCUT2D eigenvalue weighted by Crippen LogP contribution is -2.31. The first-order valence-electron chi connectivity index (χ1n) is 6.96. The molecule has 3 unspecified atom stereocenters. The fourth-order valence-corrected chi connectivity index (χ4v) is 9.20. The Labute approximate surface area is 162 Å². The summed E-state index contributed by atoms with van der Waals surface area (Å²) in [5, 5.41) is -0.487. The van der Waals surface area contributed by atoms with Gasteiger partial charge in [-0.3, -0.25) is 0 Å². The van der Waals surface area contributed by atoms with Crippen LogP contribution in [0.2, 0.25) is 0 Å². The van der Waals surface area contributed by atoms with Gasteiger partial charge < -0.3 is 8.74 Å². The Balaban J connectivity index is 1.89. The van der Waals surface area contributed by atoms with Crippen molar-refractivity contribution in [3.05, 3.63) is 19.3 Å². The second-order valence-corrected chi connectivity index (χ2v) is 11.4. The van der Waals surface area contributed by atoms with Crippen molar-refractivity contribution in [1.29, 1.82) is 0 Å². The highest BCUT2D eigenvalue weighted by Gasteiger charge is 2.47. The monoisotopic (exact) mass is 583 g/mol. The van der Waals surface area contributed by atoms with E-state index in [1.54, 1.807) is 45.2 Å². The van der Waals surface area contributed by atoms with E-state index >= 15 is 0 Å². The van der Waals surface area contributed by atoms with Gasteiger partial charge in [0.25, 0.3) is 0 Å². The van der Waals surface area contributed by atoms with Gasteiger partial charge in [0.15, 0.2) is 0 Å². The lowest BCUT2D eigenvalue weighted by molar-refractivity contribution is 0.417. The summed E-state index contributed by atoms with van der Waals surface area (Å²) in [5.74, 6) is 0.676. The van der Waals surface area contributed by atoms with Crippen molar-refractivity contribution >= 4 is 65.4 Å². The lowest BCUT2D eigenvalue weighted by atomic mass is 10.0. The fraction of sp³-hybridized carbons (Fsp3) is 0.538. The number of rotatable bonds is 4. The van der Waals surface area contributed by atoms with Crippen LogP contribution in [0.25, 0.3) is 0 Å². The minimum absolute atomic E-state index is 0.0500. The van der Waals surface area contributed by atoms with Crippen molar-refractivity contribution < 1.29 is 25.6 Å². The van der Waals surface area contributed by atoms with E-state index < -0.39 is 25.5 Å². The molecule has 23 heavy (non-hydrogen) atoms. The van der Waals surface area contributed by atoms with E-state index in [0.717, 1.165) is 19.3 Å². The zero-order chi connectivity index (χ0) is 17.0. The van der Waals surface area contributed by atoms with Gasteiger partial charge in [-0.05, 0) is 88.4 Å². The van der Waals surface area contributed by atoms with Crippen molar-refractivity contribution in [2.24, 2.45) is 11.8 Å². The molecule has 0 aliphatic heterocycles. The Kier molecular flexibility index (Phi) is 4.93. The molecule has 10 heteroatoms. The van der Waals surface area contributed by atoms with Gasteiger partial charge in [0.1, 0.15) is 21.1 Å². The Morgan fingerprint density at radius 3 is 2.09 bits per heavy atom. The van der Waals surface area contributed by atoms with Crippen molar-refractivity contribution in [2.75, 3.05) is 0 Å². The van der Waals surface area contributed by atoms with E-state index in [9.17, 15) is 21.4 Å². The fourth-order valence-electron chi connectivity index (χ4n) is 3.56. The molecule has 0 saturated heterocycles. The summed E-state index contributed by atoms with van der Waals surface area (Å²) in [7, 11) is -8.38. The van der Waals surface area contributed by atoms with Crippen LogP contribution < -0.4 is 4.18 Å². The predicted octanol–water partition coefficient (Wildman–Crippen LogP) is 2.70. The second kappa shape index (κ2) is 6.25. The van der Waals surface area contributed by atoms with E-state index in [0.29, 0.717) is 12.3 Å². The quantitative estimate of drug-likeness (QED) is 0.307. The van der Waals surface area contributed by atoms with Crippen LogP contribution in [0, 0.1) is 19.0 Å². The maximum absolute atomic E-state index is 12.5. The van der Waals surface area contributed by atoms with Crippen LogP contribution >= 0.6 is 45.2 Å². The van der Waals surface area contributed by atoms with Crippen molar-refractivity contribution in [2.45, 2.75) is 35.8 Å². The molecule has 2 bridgehead atoms. The van der Waals surface area contributed by atoms with Crippen LogP contribution in [0.5, 0.6) is 5.75 Å². The summed E-state index contributed by atoms with van der Waals surface area (Å²) in [5.41, 5.74) is 0. The van der Waals surface area contributed by atoms with Crippen molar-refractivity contribution in [3.63, 3.8) is 0 Å². The molecule has 2 fully saturated rings. The number of benzene rings is 1. The lowest BCUT2D eigenvalue weighted by Gasteiger charge is -2.22. The number of hydrogen-bond donors (Lipinski definition) is 0. The van der Waals surface area contributed by atoms with Crippen LogP contribution in [0.4, 0.5) is 0 Å². The highest BCUT2D eigenvalue weighted by molar-refractivity contribution is 14.1. The van der Waals surface area contributed by atoms with Gasteiger partial charge in [0.2, 0.25) is 0 Å². The summed E-state index contributed by atoms with van der Waals surface area (Å²) in [6.45, 7) is 0. The van der Waals surface area contributed by atoms with E-state index in [2.05, 4.69) is 0 Å². The third-order valence-electron chi connectivity index (χ3n) is 4.48. The maximum atomic E-state index is 12.5.